The molecule has 4 aromatic carbocycles. The van der Waals surface area contributed by atoms with Gasteiger partial charge in [0, 0.05) is 49.5 Å². The van der Waals surface area contributed by atoms with Gasteiger partial charge in [0.25, 0.3) is 0 Å². The van der Waals surface area contributed by atoms with Crippen molar-refractivity contribution >= 4 is 33.6 Å². The lowest BCUT2D eigenvalue weighted by Gasteiger charge is -2.35. The van der Waals surface area contributed by atoms with Gasteiger partial charge in [-0.3, -0.25) is 9.55 Å². The van der Waals surface area contributed by atoms with Crippen LogP contribution >= 0.6 is 11.8 Å². The van der Waals surface area contributed by atoms with E-state index in [0.29, 0.717) is 11.1 Å². The van der Waals surface area contributed by atoms with Crippen molar-refractivity contribution in [3.8, 4) is 17.1 Å². The van der Waals surface area contributed by atoms with E-state index in [1.54, 1.807) is 6.20 Å². The molecule has 1 atom stereocenters. The van der Waals surface area contributed by atoms with E-state index < -0.39 is 6.17 Å². The predicted octanol–water partition coefficient (Wildman–Crippen LogP) is 10.1. The molecule has 0 fully saturated rings. The summed E-state index contributed by atoms with van der Waals surface area (Å²) < 4.78 is 18.6. The molecule has 1 aliphatic rings. The van der Waals surface area contributed by atoms with Crippen LogP contribution in [-0.4, -0.2) is 14.5 Å². The molecule has 0 bridgehead atoms. The molecule has 3 nitrogen and oxygen atoms in total. The standard InChI is InChI=1S/C38H28FN3S/c1-38(2)29-12-3-4-14-32(29)43-33-19-18-28-27-17-16-26(23-31(27)42(37(28)35(33)38)34-15-6-8-21-41-34)36(39)25-11-9-10-24(22-25)30-13-5-7-20-40-30/h3-23,36H,1-2H3. The number of alkyl halides is 1. The Kier molecular flexibility index (Phi) is 5.98. The molecule has 0 aliphatic carbocycles. The number of nitrogens with zero attached hydrogens (tertiary/aromatic N) is 3. The van der Waals surface area contributed by atoms with Crippen LogP contribution in [0.3, 0.4) is 0 Å². The van der Waals surface area contributed by atoms with Gasteiger partial charge in [-0.25, -0.2) is 9.37 Å². The van der Waals surface area contributed by atoms with Crippen LogP contribution < -0.4 is 0 Å². The summed E-state index contributed by atoms with van der Waals surface area (Å²) in [5.74, 6) is 0.820. The van der Waals surface area contributed by atoms with E-state index in [9.17, 15) is 0 Å². The molecule has 8 rings (SSSR count). The summed E-state index contributed by atoms with van der Waals surface area (Å²) in [6.07, 6.45) is 2.29. The lowest BCUT2D eigenvalue weighted by Crippen LogP contribution is -2.24. The SMILES string of the molecule is CC1(C)c2ccccc2Sc2ccc3c4ccc(C(F)c5cccc(-c6ccccn6)c5)cc4n(-c4ccccn4)c3c21. The van der Waals surface area contributed by atoms with Crippen LogP contribution in [0.15, 0.2) is 137 Å². The lowest BCUT2D eigenvalue weighted by molar-refractivity contribution is 0.402. The van der Waals surface area contributed by atoms with Crippen LogP contribution in [0.2, 0.25) is 0 Å². The molecule has 1 unspecified atom stereocenters. The molecular formula is C38H28FN3S. The number of hydrogen-bond acceptors (Lipinski definition) is 3. The van der Waals surface area contributed by atoms with Crippen molar-refractivity contribution in [3.63, 3.8) is 0 Å². The summed E-state index contributed by atoms with van der Waals surface area (Å²) in [6.45, 7) is 4.61. The Balaban J connectivity index is 1.36. The molecule has 1 aliphatic heterocycles. The van der Waals surface area contributed by atoms with E-state index in [-0.39, 0.29) is 5.41 Å². The maximum absolute atomic E-state index is 16.4. The quantitative estimate of drug-likeness (QED) is 0.209. The molecule has 208 valence electrons. The first kappa shape index (κ1) is 25.9. The first-order chi connectivity index (χ1) is 21.0. The molecule has 0 N–H and O–H groups in total. The summed E-state index contributed by atoms with van der Waals surface area (Å²) in [4.78, 5) is 11.8. The van der Waals surface area contributed by atoms with E-state index in [1.807, 2.05) is 90.8 Å². The molecule has 4 heterocycles. The molecule has 3 aromatic heterocycles. The van der Waals surface area contributed by atoms with Crippen molar-refractivity contribution in [2.75, 3.05) is 0 Å². The topological polar surface area (TPSA) is 30.7 Å². The normalized spacial score (nSPS) is 14.4. The maximum atomic E-state index is 16.4. The summed E-state index contributed by atoms with van der Waals surface area (Å²) in [5.41, 5.74) is 7.37. The number of pyridine rings is 2. The lowest BCUT2D eigenvalue weighted by atomic mass is 9.76. The summed E-state index contributed by atoms with van der Waals surface area (Å²) >= 11 is 1.82. The van der Waals surface area contributed by atoms with Gasteiger partial charge in [-0.2, -0.15) is 0 Å². The smallest absolute Gasteiger partial charge is 0.150 e. The summed E-state index contributed by atoms with van der Waals surface area (Å²) in [6, 6.07) is 38.5. The second kappa shape index (κ2) is 9.92. The van der Waals surface area contributed by atoms with Crippen LogP contribution in [-0.2, 0) is 5.41 Å². The summed E-state index contributed by atoms with van der Waals surface area (Å²) in [7, 11) is 0. The first-order valence-corrected chi connectivity index (χ1v) is 15.3. The largest absolute Gasteiger partial charge is 0.293 e. The zero-order chi connectivity index (χ0) is 29.1. The minimum atomic E-state index is -1.30. The highest BCUT2D eigenvalue weighted by Crippen LogP contribution is 2.52. The van der Waals surface area contributed by atoms with Gasteiger partial charge in [-0.05, 0) is 65.2 Å². The molecule has 43 heavy (non-hydrogen) atoms. The van der Waals surface area contributed by atoms with Gasteiger partial charge < -0.3 is 0 Å². The minimum Gasteiger partial charge on any atom is -0.293 e. The minimum absolute atomic E-state index is 0.241. The molecule has 5 heteroatoms. The van der Waals surface area contributed by atoms with Gasteiger partial charge in [0.2, 0.25) is 0 Å². The van der Waals surface area contributed by atoms with Crippen LogP contribution in [0.5, 0.6) is 0 Å². The average molecular weight is 578 g/mol. The van der Waals surface area contributed by atoms with Crippen molar-refractivity contribution in [3.05, 3.63) is 150 Å². The first-order valence-electron chi connectivity index (χ1n) is 14.5. The monoisotopic (exact) mass is 577 g/mol. The van der Waals surface area contributed by atoms with E-state index in [4.69, 9.17) is 4.98 Å². The van der Waals surface area contributed by atoms with Gasteiger partial charge >= 0.3 is 0 Å². The number of halogens is 1. The van der Waals surface area contributed by atoms with Crippen LogP contribution in [0.4, 0.5) is 4.39 Å². The number of benzene rings is 4. The number of hydrogen-bond donors (Lipinski definition) is 0. The number of fused-ring (bicyclic) bond motifs is 6. The van der Waals surface area contributed by atoms with Crippen molar-refractivity contribution in [1.29, 1.82) is 0 Å². The second-order valence-electron chi connectivity index (χ2n) is 11.6. The predicted molar refractivity (Wildman–Crippen MR) is 174 cm³/mol. The third-order valence-corrected chi connectivity index (χ3v) is 9.77. The van der Waals surface area contributed by atoms with E-state index in [1.165, 1.54) is 20.9 Å². The zero-order valence-electron chi connectivity index (χ0n) is 23.8. The van der Waals surface area contributed by atoms with Crippen molar-refractivity contribution < 1.29 is 4.39 Å². The Morgan fingerprint density at radius 3 is 2.28 bits per heavy atom. The van der Waals surface area contributed by atoms with Crippen LogP contribution in [0.25, 0.3) is 38.9 Å². The van der Waals surface area contributed by atoms with E-state index in [0.717, 1.165) is 38.9 Å². The third-order valence-electron chi connectivity index (χ3n) is 8.63. The molecule has 0 saturated carbocycles. The molecule has 0 spiro atoms. The molecule has 0 radical (unpaired) electrons. The molecule has 0 saturated heterocycles. The second-order valence-corrected chi connectivity index (χ2v) is 12.6. The Hall–Kier alpha value is -4.74. The Bertz CT molecular complexity index is 2150. The Morgan fingerprint density at radius 1 is 0.698 bits per heavy atom. The number of rotatable bonds is 4. The van der Waals surface area contributed by atoms with Gasteiger partial charge in [0.15, 0.2) is 6.17 Å². The highest BCUT2D eigenvalue weighted by molar-refractivity contribution is 7.99. The fraction of sp³-hybridized carbons (Fsp3) is 0.105. The average Bonchev–Trinajstić information content (AvgIpc) is 3.38. The van der Waals surface area contributed by atoms with Crippen LogP contribution in [0, 0.1) is 0 Å². The molecular weight excluding hydrogens is 550 g/mol. The maximum Gasteiger partial charge on any atom is 0.150 e. The Morgan fingerprint density at radius 2 is 1.47 bits per heavy atom. The molecule has 7 aromatic rings. The van der Waals surface area contributed by atoms with Gasteiger partial charge in [0.1, 0.15) is 5.82 Å². The summed E-state index contributed by atoms with van der Waals surface area (Å²) in [5, 5.41) is 2.23. The van der Waals surface area contributed by atoms with Gasteiger partial charge in [-0.15, -0.1) is 0 Å². The highest BCUT2D eigenvalue weighted by Gasteiger charge is 2.36. The van der Waals surface area contributed by atoms with Crippen molar-refractivity contribution in [1.82, 2.24) is 14.5 Å². The van der Waals surface area contributed by atoms with Gasteiger partial charge in [0.05, 0.1) is 16.7 Å². The van der Waals surface area contributed by atoms with Crippen molar-refractivity contribution in [2.45, 2.75) is 35.2 Å². The third kappa shape index (κ3) is 4.10. The Labute approximate surface area is 254 Å². The van der Waals surface area contributed by atoms with Gasteiger partial charge in [-0.1, -0.05) is 92.3 Å². The van der Waals surface area contributed by atoms with E-state index >= 15 is 4.39 Å². The highest BCUT2D eigenvalue weighted by atomic mass is 32.2. The fourth-order valence-corrected chi connectivity index (χ4v) is 7.99. The molecule has 0 amide bonds. The van der Waals surface area contributed by atoms with Crippen LogP contribution in [0.1, 0.15) is 42.3 Å². The number of aromatic nitrogens is 3. The zero-order valence-corrected chi connectivity index (χ0v) is 24.6. The van der Waals surface area contributed by atoms with Crippen molar-refractivity contribution in [2.24, 2.45) is 0 Å². The fourth-order valence-electron chi connectivity index (χ4n) is 6.58. The van der Waals surface area contributed by atoms with E-state index in [2.05, 4.69) is 65.9 Å².